The van der Waals surface area contributed by atoms with Crippen molar-refractivity contribution in [2.75, 3.05) is 39.4 Å². The van der Waals surface area contributed by atoms with Crippen molar-refractivity contribution < 1.29 is 27.4 Å². The molecule has 0 spiro atoms. The van der Waals surface area contributed by atoms with Gasteiger partial charge in [-0.05, 0) is 29.8 Å². The zero-order valence-corrected chi connectivity index (χ0v) is 16.4. The summed E-state index contributed by atoms with van der Waals surface area (Å²) >= 11 is 0. The number of amides is 1. The van der Waals surface area contributed by atoms with Crippen molar-refractivity contribution in [2.24, 2.45) is 0 Å². The highest BCUT2D eigenvalue weighted by atomic mass is 19.4. The summed E-state index contributed by atoms with van der Waals surface area (Å²) in [5.41, 5.74) is 0.725. The monoisotopic (exact) mass is 420 g/mol. The SMILES string of the molecule is O=C(c1ccccc1OC1CN(Cc2ccc(C(F)(F)F)cc2)C1)N1CCOCC1. The summed E-state index contributed by atoms with van der Waals surface area (Å²) in [7, 11) is 0. The van der Waals surface area contributed by atoms with E-state index in [2.05, 4.69) is 4.90 Å². The molecule has 5 nitrogen and oxygen atoms in total. The van der Waals surface area contributed by atoms with Crippen molar-refractivity contribution in [3.05, 3.63) is 65.2 Å². The molecule has 160 valence electrons. The van der Waals surface area contributed by atoms with Gasteiger partial charge in [0.05, 0.1) is 24.3 Å². The van der Waals surface area contributed by atoms with E-state index in [1.807, 2.05) is 12.1 Å². The van der Waals surface area contributed by atoms with Gasteiger partial charge in [0.2, 0.25) is 0 Å². The molecule has 30 heavy (non-hydrogen) atoms. The van der Waals surface area contributed by atoms with Gasteiger partial charge >= 0.3 is 6.18 Å². The summed E-state index contributed by atoms with van der Waals surface area (Å²) in [5, 5.41) is 0. The third kappa shape index (κ3) is 4.76. The predicted molar refractivity (Wildman–Crippen MR) is 104 cm³/mol. The summed E-state index contributed by atoms with van der Waals surface area (Å²) < 4.78 is 49.4. The molecule has 2 aromatic carbocycles. The van der Waals surface area contributed by atoms with Crippen LogP contribution >= 0.6 is 0 Å². The van der Waals surface area contributed by atoms with E-state index in [0.717, 1.165) is 17.7 Å². The fourth-order valence-corrected chi connectivity index (χ4v) is 3.65. The molecule has 1 amide bonds. The van der Waals surface area contributed by atoms with Gasteiger partial charge < -0.3 is 14.4 Å². The zero-order chi connectivity index (χ0) is 21.1. The van der Waals surface area contributed by atoms with E-state index in [0.29, 0.717) is 57.3 Å². The van der Waals surface area contributed by atoms with Gasteiger partial charge in [0, 0.05) is 32.7 Å². The average molecular weight is 420 g/mol. The highest BCUT2D eigenvalue weighted by Gasteiger charge is 2.32. The third-order valence-electron chi connectivity index (χ3n) is 5.32. The highest BCUT2D eigenvalue weighted by molar-refractivity contribution is 5.97. The quantitative estimate of drug-likeness (QED) is 0.743. The summed E-state index contributed by atoms with van der Waals surface area (Å²) in [6.07, 6.45) is -4.38. The number of rotatable bonds is 5. The lowest BCUT2D eigenvalue weighted by atomic mass is 10.1. The molecule has 0 saturated carbocycles. The molecular weight excluding hydrogens is 397 g/mol. The smallest absolute Gasteiger partial charge is 0.416 e. The van der Waals surface area contributed by atoms with Gasteiger partial charge in [0.25, 0.3) is 5.91 Å². The number of carbonyl (C=O) groups excluding carboxylic acids is 1. The normalized spacial score (nSPS) is 18.2. The summed E-state index contributed by atoms with van der Waals surface area (Å²) in [5.74, 6) is 0.503. The molecular formula is C22H23F3N2O3. The molecule has 2 aromatic rings. The molecule has 0 N–H and O–H groups in total. The third-order valence-corrected chi connectivity index (χ3v) is 5.32. The molecule has 0 atom stereocenters. The Bertz CT molecular complexity index is 874. The molecule has 0 bridgehead atoms. The van der Waals surface area contributed by atoms with Gasteiger partial charge in [-0.25, -0.2) is 0 Å². The number of benzene rings is 2. The number of nitrogens with zero attached hydrogens (tertiary/aromatic N) is 2. The van der Waals surface area contributed by atoms with Crippen molar-refractivity contribution in [1.29, 1.82) is 0 Å². The van der Waals surface area contributed by atoms with E-state index in [9.17, 15) is 18.0 Å². The van der Waals surface area contributed by atoms with Gasteiger partial charge in [-0.15, -0.1) is 0 Å². The fraction of sp³-hybridized carbons (Fsp3) is 0.409. The van der Waals surface area contributed by atoms with Crippen LogP contribution < -0.4 is 4.74 Å². The van der Waals surface area contributed by atoms with Crippen molar-refractivity contribution in [3.63, 3.8) is 0 Å². The van der Waals surface area contributed by atoms with Crippen LogP contribution in [-0.4, -0.2) is 61.2 Å². The lowest BCUT2D eigenvalue weighted by Crippen LogP contribution is -2.53. The zero-order valence-electron chi connectivity index (χ0n) is 16.4. The number of alkyl halides is 3. The summed E-state index contributed by atoms with van der Waals surface area (Å²) in [6.45, 7) is 4.08. The molecule has 2 heterocycles. The Morgan fingerprint density at radius 3 is 2.37 bits per heavy atom. The van der Waals surface area contributed by atoms with E-state index in [4.69, 9.17) is 9.47 Å². The number of likely N-dealkylation sites (tertiary alicyclic amines) is 1. The van der Waals surface area contributed by atoms with Gasteiger partial charge in [0.1, 0.15) is 11.9 Å². The van der Waals surface area contributed by atoms with Crippen LogP contribution in [-0.2, 0) is 17.5 Å². The Morgan fingerprint density at radius 2 is 1.70 bits per heavy atom. The highest BCUT2D eigenvalue weighted by Crippen LogP contribution is 2.30. The van der Waals surface area contributed by atoms with Gasteiger partial charge in [-0.1, -0.05) is 24.3 Å². The molecule has 4 rings (SSSR count). The van der Waals surface area contributed by atoms with Gasteiger partial charge in [0.15, 0.2) is 0 Å². The number of hydrogen-bond donors (Lipinski definition) is 0. The first-order valence-corrected chi connectivity index (χ1v) is 9.91. The second-order valence-electron chi connectivity index (χ2n) is 7.53. The topological polar surface area (TPSA) is 42.0 Å². The molecule has 0 aliphatic carbocycles. The Balaban J connectivity index is 1.31. The van der Waals surface area contributed by atoms with Crippen LogP contribution in [0.25, 0.3) is 0 Å². The van der Waals surface area contributed by atoms with E-state index in [1.54, 1.807) is 17.0 Å². The Kier molecular flexibility index (Phi) is 5.97. The molecule has 0 aromatic heterocycles. The maximum absolute atomic E-state index is 12.8. The largest absolute Gasteiger partial charge is 0.487 e. The number of carbonyl (C=O) groups is 1. The number of morpholine rings is 1. The standard InChI is InChI=1S/C22H23F3N2O3/c23-22(24,25)17-7-5-16(6-8-17)13-26-14-18(15-26)30-20-4-2-1-3-19(20)21(28)27-9-11-29-12-10-27/h1-8,18H,9-15H2. The van der Waals surface area contributed by atoms with Crippen molar-refractivity contribution in [3.8, 4) is 5.75 Å². The maximum Gasteiger partial charge on any atom is 0.416 e. The minimum absolute atomic E-state index is 0.0573. The van der Waals surface area contributed by atoms with Crippen LogP contribution in [0.5, 0.6) is 5.75 Å². The van der Waals surface area contributed by atoms with Crippen molar-refractivity contribution >= 4 is 5.91 Å². The summed E-state index contributed by atoms with van der Waals surface area (Å²) in [4.78, 5) is 16.7. The number of halogens is 3. The predicted octanol–water partition coefficient (Wildman–Crippen LogP) is 3.44. The molecule has 2 aliphatic heterocycles. The average Bonchev–Trinajstić information content (AvgIpc) is 2.72. The molecule has 0 radical (unpaired) electrons. The lowest BCUT2D eigenvalue weighted by Gasteiger charge is -2.39. The fourth-order valence-electron chi connectivity index (χ4n) is 3.65. The second-order valence-corrected chi connectivity index (χ2v) is 7.53. The van der Waals surface area contributed by atoms with E-state index in [1.165, 1.54) is 12.1 Å². The molecule has 2 aliphatic rings. The minimum atomic E-state index is -4.32. The van der Waals surface area contributed by atoms with E-state index in [-0.39, 0.29) is 12.0 Å². The van der Waals surface area contributed by atoms with Crippen molar-refractivity contribution in [1.82, 2.24) is 9.80 Å². The lowest BCUT2D eigenvalue weighted by molar-refractivity contribution is -0.137. The molecule has 2 fully saturated rings. The Morgan fingerprint density at radius 1 is 1.03 bits per heavy atom. The first kappa shape index (κ1) is 20.7. The van der Waals surface area contributed by atoms with Gasteiger partial charge in [-0.3, -0.25) is 9.69 Å². The number of ether oxygens (including phenoxy) is 2. The van der Waals surface area contributed by atoms with Crippen LogP contribution in [0.1, 0.15) is 21.5 Å². The van der Waals surface area contributed by atoms with Gasteiger partial charge in [-0.2, -0.15) is 13.2 Å². The van der Waals surface area contributed by atoms with Crippen LogP contribution in [0.3, 0.4) is 0 Å². The second kappa shape index (κ2) is 8.65. The minimum Gasteiger partial charge on any atom is -0.487 e. The summed E-state index contributed by atoms with van der Waals surface area (Å²) in [6, 6.07) is 12.5. The van der Waals surface area contributed by atoms with Crippen LogP contribution in [0.4, 0.5) is 13.2 Å². The van der Waals surface area contributed by atoms with Crippen molar-refractivity contribution in [2.45, 2.75) is 18.8 Å². The number of hydrogen-bond acceptors (Lipinski definition) is 4. The van der Waals surface area contributed by atoms with Crippen LogP contribution in [0.2, 0.25) is 0 Å². The molecule has 0 unspecified atom stereocenters. The van der Waals surface area contributed by atoms with Crippen LogP contribution in [0, 0.1) is 0 Å². The van der Waals surface area contributed by atoms with E-state index >= 15 is 0 Å². The Hall–Kier alpha value is -2.58. The maximum atomic E-state index is 12.8. The first-order valence-electron chi connectivity index (χ1n) is 9.91. The molecule has 8 heteroatoms. The molecule has 2 saturated heterocycles. The van der Waals surface area contributed by atoms with Crippen LogP contribution in [0.15, 0.2) is 48.5 Å². The number of para-hydroxylation sites is 1. The van der Waals surface area contributed by atoms with E-state index < -0.39 is 11.7 Å². The Labute approximate surface area is 173 Å². The first-order chi connectivity index (χ1) is 14.4.